The molecular formula is C26H46BrNOS. The monoisotopic (exact) mass is 499 g/mol. The molecule has 2 heterocycles. The molecule has 1 saturated heterocycles. The molecule has 1 aromatic rings. The molecule has 2 nitrogen and oxygen atoms in total. The van der Waals surface area contributed by atoms with Crippen LogP contribution in [0.4, 0.5) is 0 Å². The van der Waals surface area contributed by atoms with Gasteiger partial charge in [-0.1, -0.05) is 103 Å². The Balaban J connectivity index is 0.00000450. The minimum absolute atomic E-state index is 0. The summed E-state index contributed by atoms with van der Waals surface area (Å²) in [5.41, 5.74) is 0.436. The Morgan fingerprint density at radius 1 is 0.733 bits per heavy atom. The largest absolute Gasteiger partial charge is 1.00 e. The standard InChI is InChI=1S/C26H46NOS.BrH/c1-2-3-4-5-6-7-8-9-10-11-12-13-14-15-17-20-26-28-24-25(29-26)23-27-21-18-16-19-22-27;/h16,18-19,21-22,25-26H,2-15,17,20,23-24H2,1H3;1H/q+1;/p-1. The summed E-state index contributed by atoms with van der Waals surface area (Å²) in [7, 11) is 0. The van der Waals surface area contributed by atoms with E-state index in [2.05, 4.69) is 42.1 Å². The number of rotatable bonds is 18. The van der Waals surface area contributed by atoms with Gasteiger partial charge in [-0.3, -0.25) is 0 Å². The lowest BCUT2D eigenvalue weighted by molar-refractivity contribution is -0.696. The second-order valence-corrected chi connectivity index (χ2v) is 10.3. The fraction of sp³-hybridized carbons (Fsp3) is 0.808. The number of unbranched alkanes of at least 4 members (excludes halogenated alkanes) is 14. The molecule has 1 fully saturated rings. The van der Waals surface area contributed by atoms with Crippen LogP contribution in [0.25, 0.3) is 0 Å². The molecule has 2 unspecified atom stereocenters. The maximum absolute atomic E-state index is 6.01. The number of aromatic nitrogens is 1. The number of hydrogen-bond acceptors (Lipinski definition) is 2. The van der Waals surface area contributed by atoms with Gasteiger partial charge in [-0.25, -0.2) is 4.57 Å². The summed E-state index contributed by atoms with van der Waals surface area (Å²) in [6.45, 7) is 4.28. The summed E-state index contributed by atoms with van der Waals surface area (Å²) < 4.78 is 8.28. The predicted molar refractivity (Wildman–Crippen MR) is 127 cm³/mol. The number of hydrogen-bond donors (Lipinski definition) is 0. The van der Waals surface area contributed by atoms with Crippen LogP contribution in [0.5, 0.6) is 0 Å². The lowest BCUT2D eigenvalue weighted by Gasteiger charge is -2.08. The highest BCUT2D eigenvalue weighted by Gasteiger charge is 2.28. The van der Waals surface area contributed by atoms with Crippen LogP contribution in [0.3, 0.4) is 0 Å². The molecule has 30 heavy (non-hydrogen) atoms. The van der Waals surface area contributed by atoms with Crippen molar-refractivity contribution < 1.29 is 26.3 Å². The third-order valence-corrected chi connectivity index (χ3v) is 7.39. The van der Waals surface area contributed by atoms with Crippen LogP contribution in [0.15, 0.2) is 30.6 Å². The first-order valence-corrected chi connectivity index (χ1v) is 13.5. The highest BCUT2D eigenvalue weighted by molar-refractivity contribution is 8.00. The van der Waals surface area contributed by atoms with Gasteiger partial charge in [0.25, 0.3) is 0 Å². The Bertz CT molecular complexity index is 487. The van der Waals surface area contributed by atoms with Gasteiger partial charge in [-0.15, -0.1) is 11.8 Å². The second kappa shape index (κ2) is 19.6. The molecule has 2 atom stereocenters. The van der Waals surface area contributed by atoms with Gasteiger partial charge >= 0.3 is 0 Å². The van der Waals surface area contributed by atoms with Gasteiger partial charge in [0.05, 0.1) is 11.9 Å². The van der Waals surface area contributed by atoms with Crippen molar-refractivity contribution >= 4 is 11.8 Å². The van der Waals surface area contributed by atoms with E-state index in [1.807, 2.05) is 11.8 Å². The van der Waals surface area contributed by atoms with Crippen molar-refractivity contribution in [3.8, 4) is 0 Å². The summed E-state index contributed by atoms with van der Waals surface area (Å²) in [4.78, 5) is 0. The summed E-state index contributed by atoms with van der Waals surface area (Å²) in [6, 6.07) is 6.29. The van der Waals surface area contributed by atoms with Crippen molar-refractivity contribution in [3.05, 3.63) is 30.6 Å². The highest BCUT2D eigenvalue weighted by Crippen LogP contribution is 2.31. The van der Waals surface area contributed by atoms with E-state index in [9.17, 15) is 0 Å². The lowest BCUT2D eigenvalue weighted by Crippen LogP contribution is -3.00. The first kappa shape index (κ1) is 28.0. The van der Waals surface area contributed by atoms with Gasteiger partial charge < -0.3 is 21.7 Å². The maximum atomic E-state index is 6.01. The summed E-state index contributed by atoms with van der Waals surface area (Å²) in [5.74, 6) is 0. The maximum Gasteiger partial charge on any atom is 0.168 e. The Morgan fingerprint density at radius 2 is 1.23 bits per heavy atom. The van der Waals surface area contributed by atoms with E-state index in [4.69, 9.17) is 4.74 Å². The van der Waals surface area contributed by atoms with E-state index in [0.717, 1.165) is 13.2 Å². The fourth-order valence-electron chi connectivity index (χ4n) is 4.23. The Kier molecular flexibility index (Phi) is 18.3. The fourth-order valence-corrected chi connectivity index (χ4v) is 5.53. The molecule has 0 spiro atoms. The molecule has 174 valence electrons. The first-order valence-electron chi connectivity index (χ1n) is 12.6. The number of thioether (sulfide) groups is 1. The lowest BCUT2D eigenvalue weighted by atomic mass is 10.0. The topological polar surface area (TPSA) is 13.1 Å². The van der Waals surface area contributed by atoms with Crippen LogP contribution in [-0.4, -0.2) is 17.3 Å². The van der Waals surface area contributed by atoms with Crippen LogP contribution >= 0.6 is 11.8 Å². The van der Waals surface area contributed by atoms with E-state index in [1.165, 1.54) is 103 Å². The van der Waals surface area contributed by atoms with E-state index in [1.54, 1.807) is 0 Å². The minimum atomic E-state index is 0. The van der Waals surface area contributed by atoms with Crippen molar-refractivity contribution in [2.45, 2.75) is 127 Å². The average Bonchev–Trinajstić information content (AvgIpc) is 3.19. The molecule has 1 aromatic heterocycles. The van der Waals surface area contributed by atoms with Gasteiger partial charge in [0.1, 0.15) is 5.44 Å². The molecule has 4 heteroatoms. The molecule has 0 N–H and O–H groups in total. The molecule has 0 aromatic carbocycles. The van der Waals surface area contributed by atoms with Crippen LogP contribution in [0.2, 0.25) is 0 Å². The van der Waals surface area contributed by atoms with Gasteiger partial charge in [0.15, 0.2) is 18.9 Å². The normalized spacial score (nSPS) is 18.4. The molecule has 2 rings (SSSR count). The van der Waals surface area contributed by atoms with E-state index in [0.29, 0.717) is 10.7 Å². The zero-order valence-electron chi connectivity index (χ0n) is 19.4. The molecular weight excluding hydrogens is 454 g/mol. The van der Waals surface area contributed by atoms with Crippen molar-refractivity contribution in [3.63, 3.8) is 0 Å². The highest BCUT2D eigenvalue weighted by atomic mass is 79.9. The quantitative estimate of drug-likeness (QED) is 0.214. The first-order chi connectivity index (χ1) is 14.4. The molecule has 0 radical (unpaired) electrons. The van der Waals surface area contributed by atoms with Crippen molar-refractivity contribution in [2.75, 3.05) is 6.61 Å². The van der Waals surface area contributed by atoms with E-state index < -0.39 is 0 Å². The zero-order chi connectivity index (χ0) is 20.4. The van der Waals surface area contributed by atoms with Gasteiger partial charge in [-0.05, 0) is 12.8 Å². The van der Waals surface area contributed by atoms with Crippen molar-refractivity contribution in [1.29, 1.82) is 0 Å². The van der Waals surface area contributed by atoms with Crippen LogP contribution in [0.1, 0.15) is 110 Å². The second-order valence-electron chi connectivity index (χ2n) is 8.83. The van der Waals surface area contributed by atoms with Crippen molar-refractivity contribution in [1.82, 2.24) is 0 Å². The summed E-state index contributed by atoms with van der Waals surface area (Å²) in [5, 5.41) is 0.615. The Labute approximate surface area is 201 Å². The molecule has 1 aliphatic heterocycles. The predicted octanol–water partition coefficient (Wildman–Crippen LogP) is 4.70. The number of ether oxygens (including phenoxy) is 1. The zero-order valence-corrected chi connectivity index (χ0v) is 21.8. The van der Waals surface area contributed by atoms with Crippen molar-refractivity contribution in [2.24, 2.45) is 0 Å². The smallest absolute Gasteiger partial charge is 0.168 e. The summed E-state index contributed by atoms with van der Waals surface area (Å²) in [6.07, 6.45) is 27.1. The van der Waals surface area contributed by atoms with Gasteiger partial charge in [0, 0.05) is 12.1 Å². The molecule has 1 aliphatic rings. The number of nitrogens with zero attached hydrogens (tertiary/aromatic N) is 1. The number of pyridine rings is 1. The number of halogens is 1. The average molecular weight is 501 g/mol. The molecule has 0 bridgehead atoms. The van der Waals surface area contributed by atoms with Crippen LogP contribution < -0.4 is 21.5 Å². The Hall–Kier alpha value is -0.0600. The minimum Gasteiger partial charge on any atom is -1.00 e. The third kappa shape index (κ3) is 14.1. The Morgan fingerprint density at radius 3 is 1.77 bits per heavy atom. The third-order valence-electron chi connectivity index (χ3n) is 6.05. The van der Waals surface area contributed by atoms with E-state index >= 15 is 0 Å². The molecule has 0 aliphatic carbocycles. The van der Waals surface area contributed by atoms with Gasteiger partial charge in [0.2, 0.25) is 0 Å². The molecule has 0 saturated carbocycles. The van der Waals surface area contributed by atoms with Crippen LogP contribution in [0, 0.1) is 0 Å². The van der Waals surface area contributed by atoms with Gasteiger partial charge in [-0.2, -0.15) is 0 Å². The molecule has 0 amide bonds. The van der Waals surface area contributed by atoms with Crippen LogP contribution in [-0.2, 0) is 11.3 Å². The van der Waals surface area contributed by atoms with E-state index in [-0.39, 0.29) is 17.0 Å². The summed E-state index contributed by atoms with van der Waals surface area (Å²) >= 11 is 2.05. The SMILES string of the molecule is CCCCCCCCCCCCCCCCCC1OCC(C[n+]2ccccc2)S1.[Br-].